The molecule has 3 heterocycles. The SMILES string of the molecule is Cc1ccc2sc(-c3cc(-c4ccc(-c5ccc6c(c5)-c5ccccc5C65c6ccccc6Sc6ccccc65)cc4)cc(-c4nc5cc(C)ccc5s4)c3)nc2c1. The Bertz CT molecular complexity index is 3150. The molecule has 0 N–H and O–H groups in total. The summed E-state index contributed by atoms with van der Waals surface area (Å²) in [5.41, 5.74) is 19.2. The van der Waals surface area contributed by atoms with Gasteiger partial charge in [0.25, 0.3) is 0 Å². The van der Waals surface area contributed by atoms with Crippen LogP contribution in [0.25, 0.3) is 75.0 Å². The predicted molar refractivity (Wildman–Crippen MR) is 245 cm³/mol. The molecule has 274 valence electrons. The molecule has 0 unspecified atom stereocenters. The first-order valence-electron chi connectivity index (χ1n) is 19.6. The van der Waals surface area contributed by atoms with Gasteiger partial charge in [0.2, 0.25) is 0 Å². The third kappa shape index (κ3) is 5.17. The van der Waals surface area contributed by atoms with Gasteiger partial charge in [0, 0.05) is 20.9 Å². The molecule has 5 heteroatoms. The van der Waals surface area contributed by atoms with Gasteiger partial charge in [-0.05, 0) is 141 Å². The molecule has 0 amide bonds. The van der Waals surface area contributed by atoms with Crippen LogP contribution < -0.4 is 0 Å². The number of hydrogen-bond acceptors (Lipinski definition) is 5. The van der Waals surface area contributed by atoms with Crippen LogP contribution in [0, 0.1) is 13.8 Å². The van der Waals surface area contributed by atoms with E-state index in [-0.39, 0.29) is 5.41 Å². The molecule has 0 fully saturated rings. The normalized spacial score (nSPS) is 13.4. The second-order valence-corrected chi connectivity index (χ2v) is 18.7. The lowest BCUT2D eigenvalue weighted by Crippen LogP contribution is -2.31. The van der Waals surface area contributed by atoms with Gasteiger partial charge in [-0.25, -0.2) is 9.97 Å². The van der Waals surface area contributed by atoms with Crippen molar-refractivity contribution >= 4 is 54.9 Å². The van der Waals surface area contributed by atoms with Crippen LogP contribution in [0.2, 0.25) is 0 Å². The molecule has 8 aromatic carbocycles. The van der Waals surface area contributed by atoms with Crippen molar-refractivity contribution in [2.45, 2.75) is 29.1 Å². The van der Waals surface area contributed by atoms with Gasteiger partial charge in [-0.15, -0.1) is 22.7 Å². The number of aromatic nitrogens is 2. The van der Waals surface area contributed by atoms with E-state index in [0.717, 1.165) is 37.7 Å². The summed E-state index contributed by atoms with van der Waals surface area (Å²) in [6.07, 6.45) is 0. The van der Waals surface area contributed by atoms with Crippen LogP contribution >= 0.6 is 34.4 Å². The molecule has 0 bridgehead atoms. The molecule has 2 aliphatic rings. The van der Waals surface area contributed by atoms with E-state index in [1.807, 2.05) is 11.8 Å². The van der Waals surface area contributed by atoms with E-state index in [0.29, 0.717) is 0 Å². The van der Waals surface area contributed by atoms with Crippen molar-refractivity contribution in [2.75, 3.05) is 0 Å². The summed E-state index contributed by atoms with van der Waals surface area (Å²) in [4.78, 5) is 12.9. The van der Waals surface area contributed by atoms with Crippen LogP contribution in [0.1, 0.15) is 33.4 Å². The maximum Gasteiger partial charge on any atom is 0.124 e. The molecule has 1 spiro atoms. The molecule has 0 atom stereocenters. The molecule has 2 nitrogen and oxygen atoms in total. The van der Waals surface area contributed by atoms with Crippen molar-refractivity contribution in [3.63, 3.8) is 0 Å². The molecular formula is C53H34N2S3. The molecule has 10 aromatic rings. The topological polar surface area (TPSA) is 25.8 Å². The minimum atomic E-state index is -0.361. The zero-order valence-electron chi connectivity index (χ0n) is 31.8. The van der Waals surface area contributed by atoms with Gasteiger partial charge in [-0.2, -0.15) is 0 Å². The molecule has 0 radical (unpaired) electrons. The number of hydrogen-bond donors (Lipinski definition) is 0. The fraction of sp³-hybridized carbons (Fsp3) is 0.0566. The Balaban J connectivity index is 0.971. The maximum atomic E-state index is 5.12. The Hall–Kier alpha value is -6.11. The van der Waals surface area contributed by atoms with Gasteiger partial charge in [0.05, 0.1) is 25.8 Å². The van der Waals surface area contributed by atoms with E-state index >= 15 is 0 Å². The summed E-state index contributed by atoms with van der Waals surface area (Å²) < 4.78 is 2.40. The fourth-order valence-electron chi connectivity index (χ4n) is 9.26. The van der Waals surface area contributed by atoms with Gasteiger partial charge in [-0.1, -0.05) is 121 Å². The zero-order chi connectivity index (χ0) is 38.5. The van der Waals surface area contributed by atoms with Crippen molar-refractivity contribution in [3.05, 3.63) is 203 Å². The molecular weight excluding hydrogens is 761 g/mol. The minimum absolute atomic E-state index is 0.361. The average molecular weight is 795 g/mol. The Morgan fingerprint density at radius 3 is 1.47 bits per heavy atom. The lowest BCUT2D eigenvalue weighted by atomic mass is 9.67. The van der Waals surface area contributed by atoms with Crippen molar-refractivity contribution in [3.8, 4) is 54.5 Å². The summed E-state index contributed by atoms with van der Waals surface area (Å²) in [5.74, 6) is 0. The van der Waals surface area contributed by atoms with Crippen LogP contribution in [-0.4, -0.2) is 9.97 Å². The summed E-state index contributed by atoms with van der Waals surface area (Å²) in [6, 6.07) is 63.2. The van der Waals surface area contributed by atoms with Gasteiger partial charge in [0.15, 0.2) is 0 Å². The average Bonchev–Trinajstić information content (AvgIpc) is 3.97. The minimum Gasteiger partial charge on any atom is -0.236 e. The summed E-state index contributed by atoms with van der Waals surface area (Å²) >= 11 is 5.39. The van der Waals surface area contributed by atoms with E-state index in [1.54, 1.807) is 22.7 Å². The van der Waals surface area contributed by atoms with Crippen molar-refractivity contribution < 1.29 is 0 Å². The van der Waals surface area contributed by atoms with Crippen molar-refractivity contribution in [2.24, 2.45) is 0 Å². The predicted octanol–water partition coefficient (Wildman–Crippen LogP) is 15.0. The molecule has 12 rings (SSSR count). The number of nitrogens with zero attached hydrogens (tertiary/aromatic N) is 2. The number of thiazole rings is 2. The van der Waals surface area contributed by atoms with E-state index in [2.05, 4.69) is 184 Å². The van der Waals surface area contributed by atoms with Crippen molar-refractivity contribution in [1.82, 2.24) is 9.97 Å². The fourth-order valence-corrected chi connectivity index (χ4v) is 12.3. The monoisotopic (exact) mass is 794 g/mol. The molecule has 1 aliphatic heterocycles. The van der Waals surface area contributed by atoms with Crippen molar-refractivity contribution in [1.29, 1.82) is 0 Å². The van der Waals surface area contributed by atoms with Gasteiger partial charge >= 0.3 is 0 Å². The Morgan fingerprint density at radius 1 is 0.379 bits per heavy atom. The molecule has 0 saturated heterocycles. The Kier molecular flexibility index (Phi) is 7.59. The van der Waals surface area contributed by atoms with Crippen LogP contribution in [0.15, 0.2) is 180 Å². The third-order valence-electron chi connectivity index (χ3n) is 11.9. The van der Waals surface area contributed by atoms with E-state index in [9.17, 15) is 0 Å². The van der Waals surface area contributed by atoms with Crippen LogP contribution in [0.3, 0.4) is 0 Å². The van der Waals surface area contributed by atoms with E-state index < -0.39 is 0 Å². The highest BCUT2D eigenvalue weighted by Gasteiger charge is 2.50. The number of aryl methyl sites for hydroxylation is 2. The highest BCUT2D eigenvalue weighted by molar-refractivity contribution is 7.99. The number of fused-ring (bicyclic) bond motifs is 11. The summed E-state index contributed by atoms with van der Waals surface area (Å²) in [7, 11) is 0. The first-order valence-corrected chi connectivity index (χ1v) is 22.1. The summed E-state index contributed by atoms with van der Waals surface area (Å²) in [5, 5.41) is 2.05. The number of benzene rings is 8. The summed E-state index contributed by atoms with van der Waals surface area (Å²) in [6.45, 7) is 4.25. The highest BCUT2D eigenvalue weighted by Crippen LogP contribution is 2.62. The Morgan fingerprint density at radius 2 is 0.862 bits per heavy atom. The van der Waals surface area contributed by atoms with E-state index in [1.165, 1.54) is 80.4 Å². The Labute approximate surface area is 349 Å². The molecule has 0 saturated carbocycles. The standard InChI is InChI=1S/C53H34N2S3/c1-31-15-23-49-45(25-31)54-51(57-49)37-27-36(28-38(29-37)52-55-46-26-32(2)16-24-50(46)58-52)34-19-17-33(18-20-34)35-21-22-42-40(30-35)39-9-3-4-10-41(39)53(42)43-11-5-7-13-47(43)56-48-14-8-6-12-44(48)53/h3-30H,1-2H3. The highest BCUT2D eigenvalue weighted by atomic mass is 32.2. The van der Waals surface area contributed by atoms with E-state index in [4.69, 9.17) is 9.97 Å². The van der Waals surface area contributed by atoms with Gasteiger partial charge in [0.1, 0.15) is 10.0 Å². The molecule has 1 aliphatic carbocycles. The van der Waals surface area contributed by atoms with Crippen LogP contribution in [0.5, 0.6) is 0 Å². The number of rotatable bonds is 4. The quantitative estimate of drug-likeness (QED) is 0.177. The van der Waals surface area contributed by atoms with Crippen LogP contribution in [-0.2, 0) is 5.41 Å². The largest absolute Gasteiger partial charge is 0.236 e. The van der Waals surface area contributed by atoms with Gasteiger partial charge in [-0.3, -0.25) is 0 Å². The smallest absolute Gasteiger partial charge is 0.124 e. The lowest BCUT2D eigenvalue weighted by molar-refractivity contribution is 0.722. The van der Waals surface area contributed by atoms with Gasteiger partial charge < -0.3 is 0 Å². The van der Waals surface area contributed by atoms with Crippen LogP contribution in [0.4, 0.5) is 0 Å². The molecule has 2 aromatic heterocycles. The lowest BCUT2D eigenvalue weighted by Gasteiger charge is -2.39. The first-order chi connectivity index (χ1) is 28.5. The second kappa shape index (κ2) is 13.0. The maximum absolute atomic E-state index is 5.12. The molecule has 58 heavy (non-hydrogen) atoms. The first kappa shape index (κ1) is 34.0. The second-order valence-electron chi connectivity index (χ2n) is 15.5. The third-order valence-corrected chi connectivity index (χ3v) is 15.2. The zero-order valence-corrected chi connectivity index (χ0v) is 34.2.